The van der Waals surface area contributed by atoms with Crippen molar-refractivity contribution in [2.45, 2.75) is 25.5 Å². The van der Waals surface area contributed by atoms with Gasteiger partial charge in [-0.2, -0.15) is 0 Å². The molecule has 0 aliphatic carbocycles. The Labute approximate surface area is 127 Å². The van der Waals surface area contributed by atoms with E-state index in [1.165, 1.54) is 0 Å². The van der Waals surface area contributed by atoms with Crippen molar-refractivity contribution in [1.82, 2.24) is 0 Å². The minimum atomic E-state index is -3.10. The molecule has 1 aromatic rings. The van der Waals surface area contributed by atoms with Crippen LogP contribution in [0.5, 0.6) is 0 Å². The SMILES string of the molecule is CC(C)(C)S(=O)(=O)CCNc1ccc(I)cc1Cl. The van der Waals surface area contributed by atoms with E-state index in [1.807, 2.05) is 18.2 Å². The van der Waals surface area contributed by atoms with Crippen LogP contribution in [0.1, 0.15) is 20.8 Å². The van der Waals surface area contributed by atoms with Gasteiger partial charge >= 0.3 is 0 Å². The number of anilines is 1. The van der Waals surface area contributed by atoms with Crippen LogP contribution in [0.15, 0.2) is 18.2 Å². The van der Waals surface area contributed by atoms with Crippen molar-refractivity contribution in [1.29, 1.82) is 0 Å². The van der Waals surface area contributed by atoms with E-state index in [0.29, 0.717) is 11.6 Å². The molecule has 0 unspecified atom stereocenters. The molecular weight excluding hydrogens is 385 g/mol. The fourth-order valence-corrected chi connectivity index (χ4v) is 3.16. The quantitative estimate of drug-likeness (QED) is 0.785. The summed E-state index contributed by atoms with van der Waals surface area (Å²) in [5.74, 6) is 0.0960. The van der Waals surface area contributed by atoms with Gasteiger partial charge in [-0.15, -0.1) is 0 Å². The lowest BCUT2D eigenvalue weighted by Crippen LogP contribution is -2.32. The molecule has 0 saturated carbocycles. The molecule has 1 aromatic carbocycles. The van der Waals surface area contributed by atoms with Crippen molar-refractivity contribution >= 4 is 49.7 Å². The zero-order valence-electron chi connectivity index (χ0n) is 10.6. The van der Waals surface area contributed by atoms with Gasteiger partial charge in [0.1, 0.15) is 0 Å². The first-order valence-electron chi connectivity index (χ1n) is 5.55. The molecule has 0 aromatic heterocycles. The van der Waals surface area contributed by atoms with E-state index in [-0.39, 0.29) is 5.75 Å². The molecule has 0 heterocycles. The van der Waals surface area contributed by atoms with Gasteiger partial charge in [0.2, 0.25) is 0 Å². The van der Waals surface area contributed by atoms with E-state index in [2.05, 4.69) is 27.9 Å². The van der Waals surface area contributed by atoms with Crippen LogP contribution in [0.4, 0.5) is 5.69 Å². The third-order valence-electron chi connectivity index (χ3n) is 2.55. The third-order valence-corrected chi connectivity index (χ3v) is 6.14. The number of hydrogen-bond donors (Lipinski definition) is 1. The van der Waals surface area contributed by atoms with Gasteiger partial charge in [-0.05, 0) is 61.6 Å². The van der Waals surface area contributed by atoms with Crippen LogP contribution < -0.4 is 5.32 Å². The van der Waals surface area contributed by atoms with Gasteiger partial charge in [0, 0.05) is 10.1 Å². The van der Waals surface area contributed by atoms with Crippen molar-refractivity contribution in [3.8, 4) is 0 Å². The Morgan fingerprint density at radius 1 is 1.33 bits per heavy atom. The first-order chi connectivity index (χ1) is 8.13. The van der Waals surface area contributed by atoms with Crippen molar-refractivity contribution < 1.29 is 8.42 Å². The lowest BCUT2D eigenvalue weighted by atomic mass is 10.3. The zero-order valence-corrected chi connectivity index (χ0v) is 14.4. The average Bonchev–Trinajstić information content (AvgIpc) is 2.19. The summed E-state index contributed by atoms with van der Waals surface area (Å²) in [4.78, 5) is 0. The first-order valence-corrected chi connectivity index (χ1v) is 8.65. The molecule has 0 amide bonds. The number of nitrogens with one attached hydrogen (secondary N) is 1. The van der Waals surface area contributed by atoms with Crippen LogP contribution in [0.2, 0.25) is 5.02 Å². The summed E-state index contributed by atoms with van der Waals surface area (Å²) in [5, 5.41) is 3.66. The molecule has 0 aliphatic heterocycles. The number of rotatable bonds is 4. The lowest BCUT2D eigenvalue weighted by Gasteiger charge is -2.19. The lowest BCUT2D eigenvalue weighted by molar-refractivity contribution is 0.560. The van der Waals surface area contributed by atoms with E-state index in [0.717, 1.165) is 9.26 Å². The molecule has 18 heavy (non-hydrogen) atoms. The van der Waals surface area contributed by atoms with Crippen LogP contribution in [0, 0.1) is 3.57 Å². The summed E-state index contributed by atoms with van der Waals surface area (Å²) in [6.07, 6.45) is 0. The van der Waals surface area contributed by atoms with Gasteiger partial charge in [-0.1, -0.05) is 11.6 Å². The first kappa shape index (κ1) is 16.0. The highest BCUT2D eigenvalue weighted by atomic mass is 127. The van der Waals surface area contributed by atoms with Gasteiger partial charge in [0.15, 0.2) is 9.84 Å². The minimum Gasteiger partial charge on any atom is -0.383 e. The van der Waals surface area contributed by atoms with Gasteiger partial charge in [-0.25, -0.2) is 8.42 Å². The molecule has 1 N–H and O–H groups in total. The number of hydrogen-bond acceptors (Lipinski definition) is 3. The van der Waals surface area contributed by atoms with E-state index in [4.69, 9.17) is 11.6 Å². The smallest absolute Gasteiger partial charge is 0.156 e. The zero-order chi connectivity index (χ0) is 14.0. The Morgan fingerprint density at radius 2 is 1.94 bits per heavy atom. The number of sulfone groups is 1. The molecule has 0 radical (unpaired) electrons. The predicted octanol–water partition coefficient (Wildman–Crippen LogP) is 3.57. The second kappa shape index (κ2) is 5.96. The van der Waals surface area contributed by atoms with E-state index < -0.39 is 14.6 Å². The van der Waals surface area contributed by atoms with Crippen molar-refractivity contribution in [2.75, 3.05) is 17.6 Å². The summed E-state index contributed by atoms with van der Waals surface area (Å²) in [5.41, 5.74) is 0.765. The average molecular weight is 402 g/mol. The Balaban J connectivity index is 2.63. The molecular formula is C12H17ClINO2S. The van der Waals surface area contributed by atoms with Crippen molar-refractivity contribution in [3.05, 3.63) is 26.8 Å². The van der Waals surface area contributed by atoms with Crippen LogP contribution in [0.25, 0.3) is 0 Å². The van der Waals surface area contributed by atoms with Crippen molar-refractivity contribution in [2.24, 2.45) is 0 Å². The summed E-state index contributed by atoms with van der Waals surface area (Å²) in [6.45, 7) is 5.49. The fourth-order valence-electron chi connectivity index (χ4n) is 1.26. The molecule has 0 aliphatic rings. The highest BCUT2D eigenvalue weighted by Gasteiger charge is 2.28. The van der Waals surface area contributed by atoms with E-state index in [1.54, 1.807) is 20.8 Å². The molecule has 0 spiro atoms. The van der Waals surface area contributed by atoms with Crippen LogP contribution in [0.3, 0.4) is 0 Å². The Morgan fingerprint density at radius 3 is 2.44 bits per heavy atom. The predicted molar refractivity (Wildman–Crippen MR) is 86.2 cm³/mol. The maximum Gasteiger partial charge on any atom is 0.156 e. The molecule has 6 heteroatoms. The largest absolute Gasteiger partial charge is 0.383 e. The second-order valence-electron chi connectivity index (χ2n) is 4.98. The second-order valence-corrected chi connectivity index (χ2v) is 9.50. The third kappa shape index (κ3) is 4.28. The van der Waals surface area contributed by atoms with Crippen LogP contribution in [-0.4, -0.2) is 25.5 Å². The summed E-state index contributed by atoms with van der Waals surface area (Å²) >= 11 is 8.23. The molecule has 0 saturated heterocycles. The highest BCUT2D eigenvalue weighted by molar-refractivity contribution is 14.1. The van der Waals surface area contributed by atoms with Gasteiger partial charge < -0.3 is 5.32 Å². The fraction of sp³-hybridized carbons (Fsp3) is 0.500. The monoisotopic (exact) mass is 401 g/mol. The molecule has 0 bridgehead atoms. The summed E-state index contributed by atoms with van der Waals surface area (Å²) in [7, 11) is -3.10. The Kier molecular flexibility index (Phi) is 5.32. The normalized spacial score (nSPS) is 12.5. The summed E-state index contributed by atoms with van der Waals surface area (Å²) < 4.78 is 24.1. The van der Waals surface area contributed by atoms with Crippen LogP contribution in [-0.2, 0) is 9.84 Å². The molecule has 0 fully saturated rings. The van der Waals surface area contributed by atoms with Crippen molar-refractivity contribution in [3.63, 3.8) is 0 Å². The highest BCUT2D eigenvalue weighted by Crippen LogP contribution is 2.24. The maximum absolute atomic E-state index is 11.9. The number of benzene rings is 1. The molecule has 3 nitrogen and oxygen atoms in total. The Bertz CT molecular complexity index is 523. The minimum absolute atomic E-state index is 0.0960. The molecule has 1 rings (SSSR count). The molecule has 102 valence electrons. The van der Waals surface area contributed by atoms with E-state index in [9.17, 15) is 8.42 Å². The Hall–Kier alpha value is -0.0100. The van der Waals surface area contributed by atoms with Gasteiger partial charge in [-0.3, -0.25) is 0 Å². The standard InChI is InChI=1S/C12H17ClINO2S/c1-12(2,3)18(16,17)7-6-15-11-5-4-9(14)8-10(11)13/h4-5,8,15H,6-7H2,1-3H3. The molecule has 0 atom stereocenters. The van der Waals surface area contributed by atoms with Crippen LogP contribution >= 0.6 is 34.2 Å². The summed E-state index contributed by atoms with van der Waals surface area (Å²) in [6, 6.07) is 5.61. The maximum atomic E-state index is 11.9. The van der Waals surface area contributed by atoms with Gasteiger partial charge in [0.25, 0.3) is 0 Å². The topological polar surface area (TPSA) is 46.2 Å². The number of halogens is 2. The van der Waals surface area contributed by atoms with Gasteiger partial charge in [0.05, 0.1) is 21.2 Å². The van der Waals surface area contributed by atoms with E-state index >= 15 is 0 Å².